The Balaban J connectivity index is 2.00. The van der Waals surface area contributed by atoms with Gasteiger partial charge in [-0.15, -0.1) is 0 Å². The third kappa shape index (κ3) is 5.55. The van der Waals surface area contributed by atoms with Crippen LogP contribution in [0.3, 0.4) is 0 Å². The smallest absolute Gasteiger partial charge is 0.243 e. The second-order valence-electron chi connectivity index (χ2n) is 7.22. The van der Waals surface area contributed by atoms with Gasteiger partial charge in [-0.05, 0) is 25.3 Å². The topological polar surface area (TPSA) is 80.3 Å². The van der Waals surface area contributed by atoms with E-state index in [4.69, 9.17) is 4.74 Å². The maximum Gasteiger partial charge on any atom is 0.243 e. The van der Waals surface area contributed by atoms with Crippen LogP contribution in [-0.2, 0) is 22.6 Å². The third-order valence-corrected chi connectivity index (χ3v) is 4.65. The zero-order valence-electron chi connectivity index (χ0n) is 17.2. The molecule has 0 spiro atoms. The van der Waals surface area contributed by atoms with Gasteiger partial charge >= 0.3 is 0 Å². The lowest BCUT2D eigenvalue weighted by Crippen LogP contribution is -2.50. The van der Waals surface area contributed by atoms with E-state index >= 15 is 0 Å². The first-order valence-electron chi connectivity index (χ1n) is 9.43. The molecule has 150 valence electrons. The Bertz CT molecular complexity index is 819. The average molecular weight is 383 g/mol. The Labute approximate surface area is 166 Å². The number of aryl methyl sites for hydroxylation is 1. The average Bonchev–Trinajstić information content (AvgIpc) is 2.66. The summed E-state index contributed by atoms with van der Waals surface area (Å²) in [5.74, 6) is 0.334. The Morgan fingerprint density at radius 1 is 1.14 bits per heavy atom. The number of hydrogen-bond donors (Lipinski definition) is 2. The Kier molecular flexibility index (Phi) is 7.55. The van der Waals surface area contributed by atoms with E-state index in [1.165, 1.54) is 0 Å². The van der Waals surface area contributed by atoms with Crippen molar-refractivity contribution in [3.8, 4) is 5.75 Å². The molecule has 0 aliphatic heterocycles. The molecule has 2 N–H and O–H groups in total. The van der Waals surface area contributed by atoms with Gasteiger partial charge in [0.25, 0.3) is 0 Å². The highest BCUT2D eigenvalue weighted by molar-refractivity contribution is 5.88. The van der Waals surface area contributed by atoms with Crippen LogP contribution in [0.1, 0.15) is 36.2 Å². The van der Waals surface area contributed by atoms with E-state index in [1.807, 2.05) is 58.0 Å². The summed E-state index contributed by atoms with van der Waals surface area (Å²) in [7, 11) is 1.62. The molecule has 0 saturated carbocycles. The quantitative estimate of drug-likeness (QED) is 0.734. The first-order chi connectivity index (χ1) is 13.3. The highest BCUT2D eigenvalue weighted by Gasteiger charge is 2.24. The van der Waals surface area contributed by atoms with Gasteiger partial charge in [0.2, 0.25) is 11.8 Å². The molecule has 28 heavy (non-hydrogen) atoms. The number of ether oxygens (including phenoxy) is 1. The SMILES string of the molecule is COc1c(C)cnc(CNC(=O)C(NC(=O)Cc2ccccc2)C(C)C)c1C. The summed E-state index contributed by atoms with van der Waals surface area (Å²) in [4.78, 5) is 29.5. The van der Waals surface area contributed by atoms with Crippen LogP contribution in [0.15, 0.2) is 36.5 Å². The van der Waals surface area contributed by atoms with Crippen molar-refractivity contribution in [3.05, 3.63) is 58.9 Å². The van der Waals surface area contributed by atoms with Crippen LogP contribution in [-0.4, -0.2) is 29.9 Å². The van der Waals surface area contributed by atoms with Gasteiger partial charge in [0, 0.05) is 17.3 Å². The second kappa shape index (κ2) is 9.88. The molecule has 1 heterocycles. The minimum atomic E-state index is -0.608. The number of hydrogen-bond acceptors (Lipinski definition) is 4. The molecule has 1 aromatic heterocycles. The zero-order chi connectivity index (χ0) is 20.7. The van der Waals surface area contributed by atoms with Crippen molar-refractivity contribution in [3.63, 3.8) is 0 Å². The van der Waals surface area contributed by atoms with E-state index in [0.29, 0.717) is 0 Å². The molecule has 1 unspecified atom stereocenters. The fourth-order valence-corrected chi connectivity index (χ4v) is 3.07. The van der Waals surface area contributed by atoms with Crippen molar-refractivity contribution in [2.75, 3.05) is 7.11 Å². The number of aromatic nitrogens is 1. The first kappa shape index (κ1) is 21.4. The molecular formula is C22H29N3O3. The summed E-state index contributed by atoms with van der Waals surface area (Å²) in [5, 5.41) is 5.74. The van der Waals surface area contributed by atoms with Crippen LogP contribution < -0.4 is 15.4 Å². The molecule has 6 nitrogen and oxygen atoms in total. The van der Waals surface area contributed by atoms with E-state index in [9.17, 15) is 9.59 Å². The molecular weight excluding hydrogens is 354 g/mol. The van der Waals surface area contributed by atoms with Crippen molar-refractivity contribution in [2.45, 2.75) is 46.7 Å². The van der Waals surface area contributed by atoms with E-state index in [0.717, 1.165) is 28.1 Å². The fourth-order valence-electron chi connectivity index (χ4n) is 3.07. The van der Waals surface area contributed by atoms with Crippen LogP contribution in [0.5, 0.6) is 5.75 Å². The van der Waals surface area contributed by atoms with Gasteiger partial charge in [-0.3, -0.25) is 14.6 Å². The van der Waals surface area contributed by atoms with Gasteiger partial charge in [0.1, 0.15) is 11.8 Å². The Hall–Kier alpha value is -2.89. The molecule has 0 fully saturated rings. The number of benzene rings is 1. The lowest BCUT2D eigenvalue weighted by Gasteiger charge is -2.22. The largest absolute Gasteiger partial charge is 0.496 e. The standard InChI is InChI=1S/C22H29N3O3/c1-14(2)20(25-19(26)11-17-9-7-6-8-10-17)22(27)24-13-18-16(4)21(28-5)15(3)12-23-18/h6-10,12,14,20H,11,13H2,1-5H3,(H,24,27)(H,25,26). The summed E-state index contributed by atoms with van der Waals surface area (Å²) in [6, 6.07) is 8.86. The number of pyridine rings is 1. The van der Waals surface area contributed by atoms with Crippen molar-refractivity contribution in [2.24, 2.45) is 5.92 Å². The molecule has 0 bridgehead atoms. The van der Waals surface area contributed by atoms with Crippen LogP contribution in [0, 0.1) is 19.8 Å². The van der Waals surface area contributed by atoms with Crippen LogP contribution in [0.25, 0.3) is 0 Å². The highest BCUT2D eigenvalue weighted by atomic mass is 16.5. The van der Waals surface area contributed by atoms with E-state index in [-0.39, 0.29) is 30.7 Å². The fraction of sp³-hybridized carbons (Fsp3) is 0.409. The summed E-state index contributed by atoms with van der Waals surface area (Å²) < 4.78 is 5.41. The van der Waals surface area contributed by atoms with Crippen molar-refractivity contribution >= 4 is 11.8 Å². The number of nitrogens with one attached hydrogen (secondary N) is 2. The van der Waals surface area contributed by atoms with Gasteiger partial charge < -0.3 is 15.4 Å². The van der Waals surface area contributed by atoms with E-state index in [2.05, 4.69) is 15.6 Å². The number of carbonyl (C=O) groups excluding carboxylic acids is 2. The van der Waals surface area contributed by atoms with Crippen LogP contribution >= 0.6 is 0 Å². The third-order valence-electron chi connectivity index (χ3n) is 4.65. The molecule has 1 atom stereocenters. The first-order valence-corrected chi connectivity index (χ1v) is 9.43. The maximum atomic E-state index is 12.7. The van der Waals surface area contributed by atoms with Gasteiger partial charge in [-0.2, -0.15) is 0 Å². The molecule has 2 rings (SSSR count). The summed E-state index contributed by atoms with van der Waals surface area (Å²) in [6.07, 6.45) is 1.97. The van der Waals surface area contributed by atoms with Gasteiger partial charge in [-0.25, -0.2) is 0 Å². The minimum Gasteiger partial charge on any atom is -0.496 e. The minimum absolute atomic E-state index is 0.0404. The number of methoxy groups -OCH3 is 1. The molecule has 0 radical (unpaired) electrons. The highest BCUT2D eigenvalue weighted by Crippen LogP contribution is 2.23. The zero-order valence-corrected chi connectivity index (χ0v) is 17.2. The monoisotopic (exact) mass is 383 g/mol. The van der Waals surface area contributed by atoms with Gasteiger partial charge in [-0.1, -0.05) is 44.2 Å². The van der Waals surface area contributed by atoms with E-state index in [1.54, 1.807) is 13.3 Å². The maximum absolute atomic E-state index is 12.7. The molecule has 0 aliphatic carbocycles. The molecule has 2 aromatic rings. The molecule has 1 aromatic carbocycles. The molecule has 6 heteroatoms. The molecule has 0 aliphatic rings. The predicted molar refractivity (Wildman–Crippen MR) is 109 cm³/mol. The lowest BCUT2D eigenvalue weighted by atomic mass is 10.0. The lowest BCUT2D eigenvalue weighted by molar-refractivity contribution is -0.129. The van der Waals surface area contributed by atoms with Gasteiger partial charge in [0.15, 0.2) is 0 Å². The molecule has 2 amide bonds. The second-order valence-corrected chi connectivity index (χ2v) is 7.22. The van der Waals surface area contributed by atoms with E-state index < -0.39 is 6.04 Å². The van der Waals surface area contributed by atoms with Crippen molar-refractivity contribution < 1.29 is 14.3 Å². The predicted octanol–water partition coefficient (Wildman–Crippen LogP) is 2.71. The van der Waals surface area contributed by atoms with Crippen molar-refractivity contribution in [1.82, 2.24) is 15.6 Å². The number of nitrogens with zero attached hydrogens (tertiary/aromatic N) is 1. The summed E-state index contributed by atoms with van der Waals surface area (Å²) in [6.45, 7) is 7.94. The van der Waals surface area contributed by atoms with Crippen molar-refractivity contribution in [1.29, 1.82) is 0 Å². The summed E-state index contributed by atoms with van der Waals surface area (Å²) >= 11 is 0. The number of amides is 2. The Morgan fingerprint density at radius 3 is 2.43 bits per heavy atom. The van der Waals surface area contributed by atoms with Crippen LogP contribution in [0.4, 0.5) is 0 Å². The molecule has 0 saturated heterocycles. The van der Waals surface area contributed by atoms with Gasteiger partial charge in [0.05, 0.1) is 25.8 Å². The normalized spacial score (nSPS) is 11.8. The van der Waals surface area contributed by atoms with Crippen LogP contribution in [0.2, 0.25) is 0 Å². The number of carbonyl (C=O) groups is 2. The number of rotatable bonds is 8. The summed E-state index contributed by atoms with van der Waals surface area (Å²) in [5.41, 5.74) is 3.50. The Morgan fingerprint density at radius 2 is 1.82 bits per heavy atom.